The van der Waals surface area contributed by atoms with Gasteiger partial charge >= 0.3 is 0 Å². The van der Waals surface area contributed by atoms with Crippen LogP contribution < -0.4 is 9.46 Å². The van der Waals surface area contributed by atoms with Crippen molar-refractivity contribution in [2.75, 3.05) is 19.0 Å². The molecule has 25 heavy (non-hydrogen) atoms. The zero-order valence-electron chi connectivity index (χ0n) is 14.3. The smallest absolute Gasteiger partial charge is 0.212 e. The van der Waals surface area contributed by atoms with E-state index in [4.69, 9.17) is 9.47 Å². The Labute approximate surface area is 149 Å². The van der Waals surface area contributed by atoms with E-state index in [2.05, 4.69) is 4.72 Å². The van der Waals surface area contributed by atoms with Crippen LogP contribution in [0, 0.1) is 12.8 Å². The van der Waals surface area contributed by atoms with Crippen LogP contribution in [-0.2, 0) is 21.3 Å². The molecule has 0 bridgehead atoms. The molecule has 1 unspecified atom stereocenters. The van der Waals surface area contributed by atoms with Crippen LogP contribution in [0.25, 0.3) is 0 Å². The first-order valence-corrected chi connectivity index (χ1v) is 10.0. The summed E-state index contributed by atoms with van der Waals surface area (Å²) in [6, 6.07) is 15.2. The highest BCUT2D eigenvalue weighted by molar-refractivity contribution is 7.89. The Balaban J connectivity index is 1.65. The largest absolute Gasteiger partial charge is 0.457 e. The molecule has 0 amide bonds. The maximum Gasteiger partial charge on any atom is 0.212 e. The molecule has 1 atom stereocenters. The lowest BCUT2D eigenvalue weighted by Crippen LogP contribution is -2.29. The van der Waals surface area contributed by atoms with Gasteiger partial charge in [-0.05, 0) is 37.5 Å². The van der Waals surface area contributed by atoms with Gasteiger partial charge in [0.25, 0.3) is 0 Å². The lowest BCUT2D eigenvalue weighted by Gasteiger charge is -2.13. The predicted octanol–water partition coefficient (Wildman–Crippen LogP) is 3.24. The van der Waals surface area contributed by atoms with Crippen molar-refractivity contribution in [3.05, 3.63) is 59.7 Å². The Kier molecular flexibility index (Phi) is 5.73. The first kappa shape index (κ1) is 17.9. The molecule has 0 radical (unpaired) electrons. The second-order valence-corrected chi connectivity index (χ2v) is 8.21. The minimum Gasteiger partial charge on any atom is -0.457 e. The molecular formula is C19H23NO4S. The Morgan fingerprint density at radius 1 is 1.16 bits per heavy atom. The quantitative estimate of drug-likeness (QED) is 0.822. The standard InChI is InChI=1S/C19H23NO4S/c1-15-6-8-18(9-7-15)24-19-5-3-2-4-17(19)12-20-25(21,22)14-16-10-11-23-13-16/h2-9,16,20H,10-14H2,1H3. The van der Waals surface area contributed by atoms with Gasteiger partial charge in [-0.25, -0.2) is 13.1 Å². The molecule has 2 aromatic carbocycles. The van der Waals surface area contributed by atoms with Crippen LogP contribution >= 0.6 is 0 Å². The lowest BCUT2D eigenvalue weighted by atomic mass is 10.2. The molecule has 3 rings (SSSR count). The fraction of sp³-hybridized carbons (Fsp3) is 0.368. The minimum absolute atomic E-state index is 0.0801. The van der Waals surface area contributed by atoms with Crippen molar-refractivity contribution in [2.45, 2.75) is 19.9 Å². The molecule has 1 heterocycles. The van der Waals surface area contributed by atoms with E-state index < -0.39 is 10.0 Å². The topological polar surface area (TPSA) is 64.6 Å². The Morgan fingerprint density at radius 3 is 2.64 bits per heavy atom. The second kappa shape index (κ2) is 7.99. The Hall–Kier alpha value is -1.89. The molecule has 0 aliphatic carbocycles. The van der Waals surface area contributed by atoms with Crippen LogP contribution in [0.1, 0.15) is 17.5 Å². The minimum atomic E-state index is -3.34. The van der Waals surface area contributed by atoms with E-state index in [-0.39, 0.29) is 18.2 Å². The molecule has 1 fully saturated rings. The van der Waals surface area contributed by atoms with Crippen molar-refractivity contribution in [2.24, 2.45) is 5.92 Å². The van der Waals surface area contributed by atoms with E-state index in [1.165, 1.54) is 0 Å². The zero-order valence-corrected chi connectivity index (χ0v) is 15.1. The summed E-state index contributed by atoms with van der Waals surface area (Å²) in [5.74, 6) is 1.56. The molecule has 1 aliphatic heterocycles. The Bertz CT molecular complexity index is 796. The average molecular weight is 361 g/mol. The van der Waals surface area contributed by atoms with E-state index in [0.29, 0.717) is 19.0 Å². The number of para-hydroxylation sites is 1. The van der Waals surface area contributed by atoms with Gasteiger partial charge in [-0.1, -0.05) is 35.9 Å². The molecule has 1 saturated heterocycles. The summed E-state index contributed by atoms with van der Waals surface area (Å²) in [6.45, 7) is 3.39. The monoisotopic (exact) mass is 361 g/mol. The van der Waals surface area contributed by atoms with E-state index in [0.717, 1.165) is 23.3 Å². The average Bonchev–Trinajstić information content (AvgIpc) is 3.08. The molecular weight excluding hydrogens is 338 g/mol. The number of hydrogen-bond acceptors (Lipinski definition) is 4. The van der Waals surface area contributed by atoms with Crippen LogP contribution in [0.4, 0.5) is 0 Å². The van der Waals surface area contributed by atoms with Gasteiger partial charge in [0.15, 0.2) is 0 Å². The van der Waals surface area contributed by atoms with Crippen LogP contribution in [0.15, 0.2) is 48.5 Å². The number of sulfonamides is 1. The summed E-state index contributed by atoms with van der Waals surface area (Å²) in [5.41, 5.74) is 1.96. The number of rotatable bonds is 7. The number of hydrogen-bond donors (Lipinski definition) is 1. The summed E-state index contributed by atoms with van der Waals surface area (Å²) in [7, 11) is -3.34. The number of ether oxygens (including phenoxy) is 2. The molecule has 0 spiro atoms. The van der Waals surface area contributed by atoms with Crippen molar-refractivity contribution >= 4 is 10.0 Å². The number of aryl methyl sites for hydroxylation is 1. The third-order valence-electron chi connectivity index (χ3n) is 4.18. The van der Waals surface area contributed by atoms with Crippen LogP contribution in [0.5, 0.6) is 11.5 Å². The third-order valence-corrected chi connectivity index (χ3v) is 5.68. The van der Waals surface area contributed by atoms with E-state index >= 15 is 0 Å². The molecule has 2 aromatic rings. The van der Waals surface area contributed by atoms with Crippen molar-refractivity contribution in [1.29, 1.82) is 0 Å². The fourth-order valence-corrected chi connectivity index (χ4v) is 4.13. The summed E-state index contributed by atoms with van der Waals surface area (Å²) in [4.78, 5) is 0. The molecule has 0 saturated carbocycles. The zero-order chi connectivity index (χ0) is 17.7. The van der Waals surface area contributed by atoms with Crippen LogP contribution in [0.3, 0.4) is 0 Å². The highest BCUT2D eigenvalue weighted by Gasteiger charge is 2.23. The number of nitrogens with one attached hydrogen (secondary N) is 1. The van der Waals surface area contributed by atoms with Gasteiger partial charge in [0.05, 0.1) is 12.4 Å². The van der Waals surface area contributed by atoms with E-state index in [1.54, 1.807) is 0 Å². The molecule has 6 heteroatoms. The maximum atomic E-state index is 12.3. The van der Waals surface area contributed by atoms with Crippen molar-refractivity contribution in [3.8, 4) is 11.5 Å². The first-order chi connectivity index (χ1) is 12.0. The summed E-state index contributed by atoms with van der Waals surface area (Å²) < 4.78 is 38.3. The SMILES string of the molecule is Cc1ccc(Oc2ccccc2CNS(=O)(=O)CC2CCOC2)cc1. The molecule has 0 aromatic heterocycles. The van der Waals surface area contributed by atoms with Crippen LogP contribution in [-0.4, -0.2) is 27.4 Å². The molecule has 1 N–H and O–H groups in total. The second-order valence-electron chi connectivity index (χ2n) is 6.35. The van der Waals surface area contributed by atoms with Crippen molar-refractivity contribution in [3.63, 3.8) is 0 Å². The molecule has 134 valence electrons. The predicted molar refractivity (Wildman–Crippen MR) is 97.2 cm³/mol. The third kappa shape index (κ3) is 5.29. The van der Waals surface area contributed by atoms with Gasteiger partial charge in [0.2, 0.25) is 10.0 Å². The molecule has 1 aliphatic rings. The number of benzene rings is 2. The lowest BCUT2D eigenvalue weighted by molar-refractivity contribution is 0.188. The van der Waals surface area contributed by atoms with Crippen molar-refractivity contribution < 1.29 is 17.9 Å². The normalized spacial score (nSPS) is 17.6. The summed E-state index contributed by atoms with van der Waals surface area (Å²) in [6.07, 6.45) is 0.800. The van der Waals surface area contributed by atoms with Gasteiger partial charge in [0.1, 0.15) is 11.5 Å². The van der Waals surface area contributed by atoms with E-state index in [1.807, 2.05) is 55.5 Å². The summed E-state index contributed by atoms with van der Waals surface area (Å²) >= 11 is 0. The Morgan fingerprint density at radius 2 is 1.92 bits per heavy atom. The van der Waals surface area contributed by atoms with Gasteiger partial charge < -0.3 is 9.47 Å². The fourth-order valence-electron chi connectivity index (χ4n) is 2.75. The first-order valence-electron chi connectivity index (χ1n) is 8.39. The van der Waals surface area contributed by atoms with Gasteiger partial charge in [-0.15, -0.1) is 0 Å². The van der Waals surface area contributed by atoms with Gasteiger partial charge in [-0.2, -0.15) is 0 Å². The maximum absolute atomic E-state index is 12.3. The highest BCUT2D eigenvalue weighted by atomic mass is 32.2. The van der Waals surface area contributed by atoms with E-state index in [9.17, 15) is 8.42 Å². The van der Waals surface area contributed by atoms with Gasteiger partial charge in [-0.3, -0.25) is 0 Å². The molecule has 5 nitrogen and oxygen atoms in total. The van der Waals surface area contributed by atoms with Crippen molar-refractivity contribution in [1.82, 2.24) is 4.72 Å². The van der Waals surface area contributed by atoms with Gasteiger partial charge in [0, 0.05) is 18.7 Å². The van der Waals surface area contributed by atoms with Crippen LogP contribution in [0.2, 0.25) is 0 Å². The summed E-state index contributed by atoms with van der Waals surface area (Å²) in [5, 5.41) is 0. The highest BCUT2D eigenvalue weighted by Crippen LogP contribution is 2.25.